The van der Waals surface area contributed by atoms with E-state index in [1.807, 2.05) is 0 Å². The Morgan fingerprint density at radius 3 is 2.47 bits per heavy atom. The Kier molecular flexibility index (Phi) is 3.97. The smallest absolute Gasteiger partial charge is 0.251 e. The Labute approximate surface area is 110 Å². The number of amides is 2. The lowest BCUT2D eigenvalue weighted by Crippen LogP contribution is -2.22. The first-order valence-electron chi connectivity index (χ1n) is 5.83. The van der Waals surface area contributed by atoms with Crippen molar-refractivity contribution in [1.82, 2.24) is 5.32 Å². The van der Waals surface area contributed by atoms with E-state index in [1.54, 1.807) is 42.7 Å². The lowest BCUT2D eigenvalue weighted by atomic mass is 10.2. The normalized spacial score (nSPS) is 9.95. The molecule has 0 saturated heterocycles. The largest absolute Gasteiger partial charge is 0.467 e. The van der Waals surface area contributed by atoms with Gasteiger partial charge in [-0.3, -0.25) is 9.59 Å². The Morgan fingerprint density at radius 1 is 1.16 bits per heavy atom. The molecule has 0 aliphatic rings. The van der Waals surface area contributed by atoms with Crippen LogP contribution in [0, 0.1) is 0 Å². The second-order valence-corrected chi connectivity index (χ2v) is 4.02. The van der Waals surface area contributed by atoms with Gasteiger partial charge in [0.25, 0.3) is 5.91 Å². The number of carbonyl (C=O) groups is 2. The van der Waals surface area contributed by atoms with Crippen molar-refractivity contribution < 1.29 is 14.0 Å². The van der Waals surface area contributed by atoms with Gasteiger partial charge >= 0.3 is 0 Å². The molecule has 1 aromatic carbocycles. The standard InChI is InChI=1S/C14H14N2O3/c1-10(17)16-12-6-4-11(5-7-12)14(18)15-9-13-3-2-8-19-13/h2-8H,9H2,1H3,(H,15,18)(H,16,17). The maximum Gasteiger partial charge on any atom is 0.251 e. The fourth-order valence-corrected chi connectivity index (χ4v) is 1.59. The zero-order valence-electron chi connectivity index (χ0n) is 10.5. The molecule has 0 aliphatic carbocycles. The molecule has 0 radical (unpaired) electrons. The quantitative estimate of drug-likeness (QED) is 0.882. The first-order chi connectivity index (χ1) is 9.15. The van der Waals surface area contributed by atoms with Gasteiger partial charge in [-0.05, 0) is 36.4 Å². The van der Waals surface area contributed by atoms with Crippen LogP contribution in [-0.4, -0.2) is 11.8 Å². The van der Waals surface area contributed by atoms with Crippen LogP contribution in [0.1, 0.15) is 23.0 Å². The van der Waals surface area contributed by atoms with Crippen molar-refractivity contribution in [1.29, 1.82) is 0 Å². The Balaban J connectivity index is 1.93. The van der Waals surface area contributed by atoms with E-state index in [-0.39, 0.29) is 11.8 Å². The number of anilines is 1. The van der Waals surface area contributed by atoms with Gasteiger partial charge in [-0.2, -0.15) is 0 Å². The predicted octanol–water partition coefficient (Wildman–Crippen LogP) is 2.17. The van der Waals surface area contributed by atoms with Gasteiger partial charge in [-0.15, -0.1) is 0 Å². The van der Waals surface area contributed by atoms with Gasteiger partial charge in [0.05, 0.1) is 12.8 Å². The fourth-order valence-electron chi connectivity index (χ4n) is 1.59. The highest BCUT2D eigenvalue weighted by Gasteiger charge is 2.06. The maximum absolute atomic E-state index is 11.8. The van der Waals surface area contributed by atoms with Gasteiger partial charge in [-0.25, -0.2) is 0 Å². The van der Waals surface area contributed by atoms with Crippen LogP contribution in [0.3, 0.4) is 0 Å². The highest BCUT2D eigenvalue weighted by Crippen LogP contribution is 2.09. The van der Waals surface area contributed by atoms with Crippen LogP contribution < -0.4 is 10.6 Å². The molecular weight excluding hydrogens is 244 g/mol. The molecule has 19 heavy (non-hydrogen) atoms. The Hall–Kier alpha value is -2.56. The van der Waals surface area contributed by atoms with Crippen molar-refractivity contribution in [2.45, 2.75) is 13.5 Å². The Bertz CT molecular complexity index is 559. The molecule has 1 heterocycles. The number of carbonyl (C=O) groups excluding carboxylic acids is 2. The van der Waals surface area contributed by atoms with Crippen LogP contribution in [0.15, 0.2) is 47.1 Å². The third-order valence-corrected chi connectivity index (χ3v) is 2.47. The van der Waals surface area contributed by atoms with Crippen molar-refractivity contribution in [2.75, 3.05) is 5.32 Å². The number of hydrogen-bond acceptors (Lipinski definition) is 3. The van der Waals surface area contributed by atoms with Gasteiger partial charge in [0.2, 0.25) is 5.91 Å². The van der Waals surface area contributed by atoms with E-state index in [4.69, 9.17) is 4.42 Å². The highest BCUT2D eigenvalue weighted by atomic mass is 16.3. The molecule has 2 rings (SSSR count). The molecule has 0 aliphatic heterocycles. The molecule has 0 saturated carbocycles. The summed E-state index contributed by atoms with van der Waals surface area (Å²) in [6.45, 7) is 1.78. The average Bonchev–Trinajstić information content (AvgIpc) is 2.89. The zero-order chi connectivity index (χ0) is 13.7. The van der Waals surface area contributed by atoms with Crippen LogP contribution in [0.5, 0.6) is 0 Å². The minimum absolute atomic E-state index is 0.143. The van der Waals surface area contributed by atoms with Gasteiger partial charge in [0, 0.05) is 18.2 Å². The third kappa shape index (κ3) is 3.70. The average molecular weight is 258 g/mol. The molecule has 2 aromatic rings. The van der Waals surface area contributed by atoms with E-state index < -0.39 is 0 Å². The molecule has 98 valence electrons. The second-order valence-electron chi connectivity index (χ2n) is 4.02. The number of furan rings is 1. The van der Waals surface area contributed by atoms with Crippen LogP contribution >= 0.6 is 0 Å². The van der Waals surface area contributed by atoms with Gasteiger partial charge < -0.3 is 15.1 Å². The van der Waals surface area contributed by atoms with Crippen LogP contribution in [0.25, 0.3) is 0 Å². The SMILES string of the molecule is CC(=O)Nc1ccc(C(=O)NCc2ccco2)cc1. The predicted molar refractivity (Wildman–Crippen MR) is 70.6 cm³/mol. The number of rotatable bonds is 4. The molecule has 5 nitrogen and oxygen atoms in total. The maximum atomic E-state index is 11.8. The van der Waals surface area contributed by atoms with Crippen molar-refractivity contribution in [3.05, 3.63) is 54.0 Å². The monoisotopic (exact) mass is 258 g/mol. The van der Waals surface area contributed by atoms with Crippen molar-refractivity contribution in [3.63, 3.8) is 0 Å². The molecular formula is C14H14N2O3. The van der Waals surface area contributed by atoms with Gasteiger partial charge in [0.15, 0.2) is 0 Å². The van der Waals surface area contributed by atoms with E-state index in [0.717, 1.165) is 0 Å². The second kappa shape index (κ2) is 5.86. The first kappa shape index (κ1) is 12.9. The minimum atomic E-state index is -0.189. The Morgan fingerprint density at radius 2 is 1.89 bits per heavy atom. The molecule has 0 atom stereocenters. The van der Waals surface area contributed by atoms with Gasteiger partial charge in [0.1, 0.15) is 5.76 Å². The number of benzene rings is 1. The summed E-state index contributed by atoms with van der Waals surface area (Å²) < 4.78 is 5.12. The summed E-state index contributed by atoms with van der Waals surface area (Å²) in [7, 11) is 0. The van der Waals surface area contributed by atoms with Crippen LogP contribution in [0.4, 0.5) is 5.69 Å². The van der Waals surface area contributed by atoms with Crippen molar-refractivity contribution >= 4 is 17.5 Å². The summed E-state index contributed by atoms with van der Waals surface area (Å²) in [6, 6.07) is 10.2. The fraction of sp³-hybridized carbons (Fsp3) is 0.143. The number of hydrogen-bond donors (Lipinski definition) is 2. The van der Waals surface area contributed by atoms with E-state index in [1.165, 1.54) is 6.92 Å². The summed E-state index contributed by atoms with van der Waals surface area (Å²) in [6.07, 6.45) is 1.56. The molecule has 2 amide bonds. The first-order valence-corrected chi connectivity index (χ1v) is 5.83. The molecule has 2 N–H and O–H groups in total. The molecule has 0 fully saturated rings. The zero-order valence-corrected chi connectivity index (χ0v) is 10.5. The topological polar surface area (TPSA) is 71.3 Å². The molecule has 0 bridgehead atoms. The van der Waals surface area contributed by atoms with Crippen LogP contribution in [0.2, 0.25) is 0 Å². The molecule has 5 heteroatoms. The molecule has 0 spiro atoms. The highest BCUT2D eigenvalue weighted by molar-refractivity contribution is 5.95. The summed E-state index contributed by atoms with van der Waals surface area (Å²) in [5, 5.41) is 5.38. The van der Waals surface area contributed by atoms with E-state index in [0.29, 0.717) is 23.6 Å². The van der Waals surface area contributed by atoms with E-state index >= 15 is 0 Å². The minimum Gasteiger partial charge on any atom is -0.467 e. The van der Waals surface area contributed by atoms with E-state index in [9.17, 15) is 9.59 Å². The molecule has 1 aromatic heterocycles. The summed E-state index contributed by atoms with van der Waals surface area (Å²) >= 11 is 0. The molecule has 0 unspecified atom stereocenters. The summed E-state index contributed by atoms with van der Waals surface area (Å²) in [4.78, 5) is 22.7. The number of nitrogens with one attached hydrogen (secondary N) is 2. The summed E-state index contributed by atoms with van der Waals surface area (Å²) in [5.74, 6) is 0.365. The summed E-state index contributed by atoms with van der Waals surface area (Å²) in [5.41, 5.74) is 1.19. The van der Waals surface area contributed by atoms with Crippen molar-refractivity contribution in [3.8, 4) is 0 Å². The lowest BCUT2D eigenvalue weighted by Gasteiger charge is -2.05. The van der Waals surface area contributed by atoms with Crippen molar-refractivity contribution in [2.24, 2.45) is 0 Å². The van der Waals surface area contributed by atoms with Crippen LogP contribution in [-0.2, 0) is 11.3 Å². The van der Waals surface area contributed by atoms with Gasteiger partial charge in [-0.1, -0.05) is 0 Å². The lowest BCUT2D eigenvalue weighted by molar-refractivity contribution is -0.114. The third-order valence-electron chi connectivity index (χ3n) is 2.47. The van der Waals surface area contributed by atoms with E-state index in [2.05, 4.69) is 10.6 Å².